The van der Waals surface area contributed by atoms with Gasteiger partial charge in [-0.3, -0.25) is 9.78 Å². The van der Waals surface area contributed by atoms with Crippen molar-refractivity contribution < 1.29 is 14.3 Å². The molecule has 7 nitrogen and oxygen atoms in total. The number of hydrogen-bond acceptors (Lipinski definition) is 7. The summed E-state index contributed by atoms with van der Waals surface area (Å²) < 4.78 is 6.56. The molecule has 0 saturated carbocycles. The lowest BCUT2D eigenvalue weighted by Gasteiger charge is -2.30. The number of fused-ring (bicyclic) bond motifs is 2. The predicted octanol–water partition coefficient (Wildman–Crippen LogP) is 4.84. The number of hydrogen-bond donors (Lipinski definition) is 1. The molecule has 0 atom stereocenters. The summed E-state index contributed by atoms with van der Waals surface area (Å²) in [6.07, 6.45) is 5.06. The van der Waals surface area contributed by atoms with Gasteiger partial charge in [0.1, 0.15) is 21.1 Å². The summed E-state index contributed by atoms with van der Waals surface area (Å²) in [5.74, 6) is -0.276. The standard InChI is InChI=1S/C21H22N4O3S2/c1-5-16(26)24-19-17(18-23-13-10-22-8-6-14(13)29-18)12-7-9-25(11-15(12)30-19)20(27)28-21(2,3)4/h5-6,8,10H,1,7,9,11H2,2-4H3,(H,24,26). The molecule has 1 aliphatic rings. The summed E-state index contributed by atoms with van der Waals surface area (Å²) in [5, 5.41) is 4.48. The van der Waals surface area contributed by atoms with Crippen molar-refractivity contribution in [1.82, 2.24) is 14.9 Å². The molecule has 0 unspecified atom stereocenters. The minimum absolute atomic E-state index is 0.276. The molecule has 9 heteroatoms. The Morgan fingerprint density at radius 2 is 2.13 bits per heavy atom. The van der Waals surface area contributed by atoms with Crippen LogP contribution in [0.3, 0.4) is 0 Å². The molecule has 4 heterocycles. The molecule has 0 radical (unpaired) electrons. The average Bonchev–Trinajstić information content (AvgIpc) is 3.26. The number of carbonyl (C=O) groups excluding carboxylic acids is 2. The van der Waals surface area contributed by atoms with Gasteiger partial charge >= 0.3 is 6.09 Å². The Kier molecular flexibility index (Phi) is 5.33. The molecule has 2 amide bonds. The summed E-state index contributed by atoms with van der Waals surface area (Å²) in [4.78, 5) is 36.2. The molecule has 0 spiro atoms. The van der Waals surface area contributed by atoms with Crippen molar-refractivity contribution in [2.75, 3.05) is 11.9 Å². The van der Waals surface area contributed by atoms with Gasteiger partial charge in [0.15, 0.2) is 0 Å². The Balaban J connectivity index is 1.73. The smallest absolute Gasteiger partial charge is 0.410 e. The zero-order valence-electron chi connectivity index (χ0n) is 17.0. The van der Waals surface area contributed by atoms with E-state index < -0.39 is 5.60 Å². The Morgan fingerprint density at radius 1 is 1.33 bits per heavy atom. The fourth-order valence-corrected chi connectivity index (χ4v) is 5.59. The number of rotatable bonds is 3. The van der Waals surface area contributed by atoms with E-state index in [1.165, 1.54) is 17.4 Å². The Morgan fingerprint density at radius 3 is 2.83 bits per heavy atom. The molecule has 156 valence electrons. The topological polar surface area (TPSA) is 84.4 Å². The van der Waals surface area contributed by atoms with Crippen molar-refractivity contribution in [3.05, 3.63) is 41.6 Å². The van der Waals surface area contributed by atoms with E-state index in [-0.39, 0.29) is 12.0 Å². The van der Waals surface area contributed by atoms with Crippen LogP contribution in [0.5, 0.6) is 0 Å². The van der Waals surface area contributed by atoms with Gasteiger partial charge in [-0.1, -0.05) is 6.58 Å². The van der Waals surface area contributed by atoms with Crippen molar-refractivity contribution in [2.45, 2.75) is 39.3 Å². The molecule has 3 aromatic rings. The van der Waals surface area contributed by atoms with Crippen molar-refractivity contribution in [3.8, 4) is 10.6 Å². The maximum absolute atomic E-state index is 12.5. The fraction of sp³-hybridized carbons (Fsp3) is 0.333. The molecule has 0 bridgehead atoms. The lowest BCUT2D eigenvalue weighted by atomic mass is 10.0. The molecular weight excluding hydrogens is 420 g/mol. The highest BCUT2D eigenvalue weighted by Gasteiger charge is 2.31. The first-order valence-corrected chi connectivity index (χ1v) is 11.2. The van der Waals surface area contributed by atoms with E-state index in [0.29, 0.717) is 19.5 Å². The lowest BCUT2D eigenvalue weighted by molar-refractivity contribution is -0.111. The van der Waals surface area contributed by atoms with Crippen molar-refractivity contribution in [1.29, 1.82) is 0 Å². The molecule has 1 aliphatic heterocycles. The molecule has 0 aromatic carbocycles. The molecule has 4 rings (SSSR count). The second kappa shape index (κ2) is 7.81. The highest BCUT2D eigenvalue weighted by atomic mass is 32.1. The molecule has 0 aliphatic carbocycles. The normalized spacial score (nSPS) is 13.8. The quantitative estimate of drug-likeness (QED) is 0.587. The van der Waals surface area contributed by atoms with Crippen LogP contribution in [0.25, 0.3) is 20.8 Å². The zero-order chi connectivity index (χ0) is 21.5. The van der Waals surface area contributed by atoms with Crippen LogP contribution in [0, 0.1) is 0 Å². The van der Waals surface area contributed by atoms with Gasteiger partial charge in [0, 0.05) is 23.2 Å². The van der Waals surface area contributed by atoms with Gasteiger partial charge in [-0.25, -0.2) is 9.78 Å². The van der Waals surface area contributed by atoms with E-state index in [0.717, 1.165) is 36.2 Å². The number of carbonyl (C=O) groups is 2. The maximum atomic E-state index is 12.5. The summed E-state index contributed by atoms with van der Waals surface area (Å²) in [7, 11) is 0. The number of amides is 2. The summed E-state index contributed by atoms with van der Waals surface area (Å²) in [5.41, 5.74) is 2.32. The molecular formula is C21H22N4O3S2. The van der Waals surface area contributed by atoms with Gasteiger partial charge in [-0.2, -0.15) is 0 Å². The maximum Gasteiger partial charge on any atom is 0.410 e. The van der Waals surface area contributed by atoms with E-state index in [2.05, 4.69) is 16.9 Å². The van der Waals surface area contributed by atoms with Crippen LogP contribution in [-0.4, -0.2) is 39.0 Å². The van der Waals surface area contributed by atoms with Crippen LogP contribution in [0.2, 0.25) is 0 Å². The monoisotopic (exact) mass is 442 g/mol. The molecule has 30 heavy (non-hydrogen) atoms. The third-order valence-electron chi connectivity index (χ3n) is 4.53. The van der Waals surface area contributed by atoms with Crippen molar-refractivity contribution in [3.63, 3.8) is 0 Å². The van der Waals surface area contributed by atoms with Gasteiger partial charge in [0.05, 0.1) is 17.4 Å². The van der Waals surface area contributed by atoms with E-state index in [9.17, 15) is 9.59 Å². The number of thiophene rings is 1. The number of anilines is 1. The van der Waals surface area contributed by atoms with Crippen LogP contribution >= 0.6 is 22.7 Å². The SMILES string of the molecule is C=CC(=O)Nc1sc2c(c1-c1nc3cnccc3s1)CCN(C(=O)OC(C)(C)C)C2. The van der Waals surface area contributed by atoms with Gasteiger partial charge in [-0.05, 0) is 44.9 Å². The van der Waals surface area contributed by atoms with E-state index in [1.54, 1.807) is 28.6 Å². The zero-order valence-corrected chi connectivity index (χ0v) is 18.7. The number of pyridine rings is 1. The lowest BCUT2D eigenvalue weighted by Crippen LogP contribution is -2.39. The second-order valence-corrected chi connectivity index (χ2v) is 10.1. The molecule has 0 fully saturated rings. The van der Waals surface area contributed by atoms with Crippen molar-refractivity contribution in [2.24, 2.45) is 0 Å². The van der Waals surface area contributed by atoms with E-state index in [4.69, 9.17) is 9.72 Å². The largest absolute Gasteiger partial charge is 0.444 e. The second-order valence-electron chi connectivity index (χ2n) is 7.92. The molecule has 3 aromatic heterocycles. The highest BCUT2D eigenvalue weighted by molar-refractivity contribution is 7.22. The summed E-state index contributed by atoms with van der Waals surface area (Å²) in [6.45, 7) is 10.1. The minimum Gasteiger partial charge on any atom is -0.444 e. The average molecular weight is 443 g/mol. The molecule has 1 N–H and O–H groups in total. The first-order valence-electron chi connectivity index (χ1n) is 9.52. The number of nitrogens with one attached hydrogen (secondary N) is 1. The van der Waals surface area contributed by atoms with Gasteiger partial charge < -0.3 is 15.0 Å². The van der Waals surface area contributed by atoms with Crippen LogP contribution in [-0.2, 0) is 22.5 Å². The summed E-state index contributed by atoms with van der Waals surface area (Å²) >= 11 is 3.04. The Labute approximate surface area is 182 Å². The Bertz CT molecular complexity index is 1110. The van der Waals surface area contributed by atoms with Crippen LogP contribution in [0.1, 0.15) is 31.2 Å². The van der Waals surface area contributed by atoms with E-state index >= 15 is 0 Å². The third kappa shape index (κ3) is 4.08. The predicted molar refractivity (Wildman–Crippen MR) is 120 cm³/mol. The van der Waals surface area contributed by atoms with E-state index in [1.807, 2.05) is 26.8 Å². The Hall–Kier alpha value is -2.78. The van der Waals surface area contributed by atoms with Crippen LogP contribution < -0.4 is 5.32 Å². The van der Waals surface area contributed by atoms with Crippen molar-refractivity contribution >= 4 is 49.9 Å². The van der Waals surface area contributed by atoms with Crippen LogP contribution in [0.15, 0.2) is 31.1 Å². The molecule has 0 saturated heterocycles. The number of aromatic nitrogens is 2. The third-order valence-corrected chi connectivity index (χ3v) is 6.72. The summed E-state index contributed by atoms with van der Waals surface area (Å²) in [6, 6.07) is 1.93. The van der Waals surface area contributed by atoms with Gasteiger partial charge in [0.25, 0.3) is 0 Å². The number of thiazole rings is 1. The first kappa shape index (κ1) is 20.5. The van der Waals surface area contributed by atoms with Gasteiger partial charge in [-0.15, -0.1) is 22.7 Å². The fourth-order valence-electron chi connectivity index (χ4n) is 3.25. The minimum atomic E-state index is -0.546. The van der Waals surface area contributed by atoms with Crippen LogP contribution in [0.4, 0.5) is 9.80 Å². The van der Waals surface area contributed by atoms with Gasteiger partial charge in [0.2, 0.25) is 5.91 Å². The first-order chi connectivity index (χ1) is 14.2. The highest BCUT2D eigenvalue weighted by Crippen LogP contribution is 2.45. The number of ether oxygens (including phenoxy) is 1. The number of nitrogens with zero attached hydrogens (tertiary/aromatic N) is 3.